The second-order valence-electron chi connectivity index (χ2n) is 4.42. The summed E-state index contributed by atoms with van der Waals surface area (Å²) in [5, 5.41) is 9.30. The number of aliphatic hydroxyl groups is 1. The number of hydrogen-bond donors (Lipinski definition) is 1. The molecule has 1 amide bonds. The molecule has 1 aliphatic heterocycles. The second kappa shape index (κ2) is 4.33. The highest BCUT2D eigenvalue weighted by atomic mass is 19.1. The van der Waals surface area contributed by atoms with E-state index in [1.54, 1.807) is 19.1 Å². The van der Waals surface area contributed by atoms with Crippen LogP contribution in [0.15, 0.2) is 24.3 Å². The third-order valence-electron chi connectivity index (χ3n) is 2.97. The zero-order valence-electron chi connectivity index (χ0n) is 9.52. The molecule has 17 heavy (non-hydrogen) atoms. The summed E-state index contributed by atoms with van der Waals surface area (Å²) in [6.45, 7) is 2.06. The maximum atomic E-state index is 12.7. The van der Waals surface area contributed by atoms with Crippen molar-refractivity contribution < 1.29 is 19.0 Å². The maximum absolute atomic E-state index is 12.7. The molecule has 1 atom stereocenters. The molecule has 0 saturated carbocycles. The molecular weight excluding hydrogens is 225 g/mol. The number of halogens is 1. The highest BCUT2D eigenvalue weighted by molar-refractivity contribution is 5.71. The van der Waals surface area contributed by atoms with E-state index in [4.69, 9.17) is 4.74 Å². The van der Waals surface area contributed by atoms with E-state index < -0.39 is 11.6 Å². The van der Waals surface area contributed by atoms with Gasteiger partial charge in [-0.05, 0) is 24.6 Å². The topological polar surface area (TPSA) is 49.8 Å². The van der Waals surface area contributed by atoms with Gasteiger partial charge in [0.2, 0.25) is 0 Å². The zero-order chi connectivity index (χ0) is 12.5. The first-order chi connectivity index (χ1) is 8.05. The molecule has 1 aromatic carbocycles. The molecule has 1 unspecified atom stereocenters. The van der Waals surface area contributed by atoms with E-state index in [-0.39, 0.29) is 19.0 Å². The lowest BCUT2D eigenvalue weighted by Gasteiger charge is -2.29. The minimum atomic E-state index is -0.703. The minimum absolute atomic E-state index is 0.167. The summed E-state index contributed by atoms with van der Waals surface area (Å²) < 4.78 is 17.7. The highest BCUT2D eigenvalue weighted by Gasteiger charge is 2.43. The SMILES string of the molecule is CC1(CO)COC(=O)N1Cc1ccc(F)cc1. The zero-order valence-corrected chi connectivity index (χ0v) is 9.52. The molecule has 0 aliphatic carbocycles. The lowest BCUT2D eigenvalue weighted by Crippen LogP contribution is -2.47. The fraction of sp³-hybridized carbons (Fsp3) is 0.417. The number of nitrogens with zero attached hydrogens (tertiary/aromatic N) is 1. The van der Waals surface area contributed by atoms with Crippen molar-refractivity contribution in [2.24, 2.45) is 0 Å². The van der Waals surface area contributed by atoms with Crippen molar-refractivity contribution in [1.29, 1.82) is 0 Å². The summed E-state index contributed by atoms with van der Waals surface area (Å²) in [5.74, 6) is -0.317. The Balaban J connectivity index is 2.16. The fourth-order valence-corrected chi connectivity index (χ4v) is 1.75. The normalized spacial score (nSPS) is 23.9. The van der Waals surface area contributed by atoms with E-state index in [2.05, 4.69) is 0 Å². The summed E-state index contributed by atoms with van der Waals surface area (Å²) in [5.41, 5.74) is 0.0933. The maximum Gasteiger partial charge on any atom is 0.410 e. The van der Waals surface area contributed by atoms with Crippen molar-refractivity contribution in [2.75, 3.05) is 13.2 Å². The number of aliphatic hydroxyl groups excluding tert-OH is 1. The number of carbonyl (C=O) groups is 1. The number of hydrogen-bond acceptors (Lipinski definition) is 3. The van der Waals surface area contributed by atoms with Crippen LogP contribution in [0.1, 0.15) is 12.5 Å². The van der Waals surface area contributed by atoms with E-state index in [0.29, 0.717) is 6.54 Å². The van der Waals surface area contributed by atoms with E-state index >= 15 is 0 Å². The van der Waals surface area contributed by atoms with Gasteiger partial charge in [0.05, 0.1) is 6.61 Å². The number of rotatable bonds is 3. The molecule has 2 rings (SSSR count). The summed E-state index contributed by atoms with van der Waals surface area (Å²) in [7, 11) is 0. The number of amides is 1. The molecular formula is C12H14FNO3. The molecule has 5 heteroatoms. The molecule has 1 heterocycles. The largest absolute Gasteiger partial charge is 0.447 e. The Morgan fingerprint density at radius 1 is 1.47 bits per heavy atom. The predicted octanol–water partition coefficient (Wildman–Crippen LogP) is 1.53. The minimum Gasteiger partial charge on any atom is -0.447 e. The quantitative estimate of drug-likeness (QED) is 0.870. The van der Waals surface area contributed by atoms with Crippen LogP contribution in [0.2, 0.25) is 0 Å². The van der Waals surface area contributed by atoms with Gasteiger partial charge in [0.1, 0.15) is 18.0 Å². The predicted molar refractivity (Wildman–Crippen MR) is 58.8 cm³/mol. The van der Waals surface area contributed by atoms with Gasteiger partial charge in [-0.25, -0.2) is 9.18 Å². The molecule has 0 radical (unpaired) electrons. The monoisotopic (exact) mass is 239 g/mol. The Bertz CT molecular complexity index is 420. The number of carbonyl (C=O) groups excluding carboxylic acids is 1. The molecule has 4 nitrogen and oxygen atoms in total. The number of benzene rings is 1. The van der Waals surface area contributed by atoms with Gasteiger partial charge in [-0.3, -0.25) is 4.90 Å². The molecule has 1 aliphatic rings. The van der Waals surface area contributed by atoms with Gasteiger partial charge in [-0.15, -0.1) is 0 Å². The van der Waals surface area contributed by atoms with Crippen LogP contribution in [-0.2, 0) is 11.3 Å². The van der Waals surface area contributed by atoms with Crippen molar-refractivity contribution in [1.82, 2.24) is 4.90 Å². The van der Waals surface area contributed by atoms with Gasteiger partial charge in [0, 0.05) is 6.54 Å². The molecule has 0 aromatic heterocycles. The Hall–Kier alpha value is -1.62. The van der Waals surface area contributed by atoms with E-state index in [1.165, 1.54) is 17.0 Å². The number of ether oxygens (including phenoxy) is 1. The Morgan fingerprint density at radius 3 is 2.71 bits per heavy atom. The first kappa shape index (κ1) is 11.9. The Labute approximate surface area is 98.6 Å². The molecule has 92 valence electrons. The lowest BCUT2D eigenvalue weighted by atomic mass is 10.0. The lowest BCUT2D eigenvalue weighted by molar-refractivity contribution is 0.0957. The van der Waals surface area contributed by atoms with Crippen LogP contribution in [0.4, 0.5) is 9.18 Å². The molecule has 1 fully saturated rings. The van der Waals surface area contributed by atoms with Crippen LogP contribution in [0.5, 0.6) is 0 Å². The van der Waals surface area contributed by atoms with Crippen molar-refractivity contribution >= 4 is 6.09 Å². The van der Waals surface area contributed by atoms with Gasteiger partial charge < -0.3 is 9.84 Å². The van der Waals surface area contributed by atoms with Crippen LogP contribution < -0.4 is 0 Å². The first-order valence-corrected chi connectivity index (χ1v) is 5.35. The molecule has 0 spiro atoms. The fourth-order valence-electron chi connectivity index (χ4n) is 1.75. The summed E-state index contributed by atoms with van der Waals surface area (Å²) in [4.78, 5) is 13.0. The Morgan fingerprint density at radius 2 is 2.12 bits per heavy atom. The third kappa shape index (κ3) is 2.24. The van der Waals surface area contributed by atoms with Crippen molar-refractivity contribution in [3.8, 4) is 0 Å². The van der Waals surface area contributed by atoms with Gasteiger partial charge in [-0.2, -0.15) is 0 Å². The van der Waals surface area contributed by atoms with Crippen LogP contribution in [0.25, 0.3) is 0 Å². The van der Waals surface area contributed by atoms with Crippen LogP contribution in [0.3, 0.4) is 0 Å². The summed E-state index contributed by atoms with van der Waals surface area (Å²) in [6, 6.07) is 5.90. The number of cyclic esters (lactones) is 1. The van der Waals surface area contributed by atoms with Crippen LogP contribution in [0, 0.1) is 5.82 Å². The second-order valence-corrected chi connectivity index (χ2v) is 4.42. The van der Waals surface area contributed by atoms with E-state index in [0.717, 1.165) is 5.56 Å². The van der Waals surface area contributed by atoms with E-state index in [9.17, 15) is 14.3 Å². The van der Waals surface area contributed by atoms with Gasteiger partial charge >= 0.3 is 6.09 Å². The molecule has 1 saturated heterocycles. The molecule has 0 bridgehead atoms. The average molecular weight is 239 g/mol. The van der Waals surface area contributed by atoms with Crippen LogP contribution in [-0.4, -0.2) is 34.9 Å². The van der Waals surface area contributed by atoms with Crippen molar-refractivity contribution in [2.45, 2.75) is 19.0 Å². The first-order valence-electron chi connectivity index (χ1n) is 5.35. The smallest absolute Gasteiger partial charge is 0.410 e. The van der Waals surface area contributed by atoms with Crippen molar-refractivity contribution in [3.63, 3.8) is 0 Å². The van der Waals surface area contributed by atoms with Gasteiger partial charge in [-0.1, -0.05) is 12.1 Å². The third-order valence-corrected chi connectivity index (χ3v) is 2.97. The Kier molecular flexibility index (Phi) is 3.02. The molecule has 1 N–H and O–H groups in total. The summed E-state index contributed by atoms with van der Waals surface area (Å²) in [6.07, 6.45) is -0.453. The standard InChI is InChI=1S/C12H14FNO3/c1-12(7-15)8-17-11(16)14(12)6-9-2-4-10(13)5-3-9/h2-5,15H,6-8H2,1H3. The molecule has 1 aromatic rings. The van der Waals surface area contributed by atoms with Gasteiger partial charge in [0.25, 0.3) is 0 Å². The van der Waals surface area contributed by atoms with Gasteiger partial charge in [0.15, 0.2) is 0 Å². The van der Waals surface area contributed by atoms with Crippen LogP contribution >= 0.6 is 0 Å². The average Bonchev–Trinajstić information content (AvgIpc) is 2.61. The van der Waals surface area contributed by atoms with E-state index in [1.807, 2.05) is 0 Å². The highest BCUT2D eigenvalue weighted by Crippen LogP contribution is 2.25. The summed E-state index contributed by atoms with van der Waals surface area (Å²) >= 11 is 0. The van der Waals surface area contributed by atoms with Crippen molar-refractivity contribution in [3.05, 3.63) is 35.6 Å².